The molecule has 54 valence electrons. The molecule has 0 aromatic heterocycles. The molecule has 0 heterocycles. The molecule has 0 fully saturated rings. The fourth-order valence-corrected chi connectivity index (χ4v) is 0.584. The number of hydrogen-bond acceptors (Lipinski definition) is 3. The molecule has 0 aromatic rings. The van der Waals surface area contributed by atoms with Crippen LogP contribution < -0.4 is 5.32 Å². The van der Waals surface area contributed by atoms with Crippen LogP contribution in [-0.4, -0.2) is 12.6 Å². The molecule has 1 atom stereocenters. The molecular weight excluding hydrogens is 126 g/mol. The Bertz CT molecular complexity index is 151. The van der Waals surface area contributed by atoms with E-state index in [2.05, 4.69) is 5.32 Å². The Kier molecular flexibility index (Phi) is 5.42. The molecule has 0 radical (unpaired) electrons. The van der Waals surface area contributed by atoms with Crippen LogP contribution in [0.4, 0.5) is 0 Å². The maximum atomic E-state index is 8.24. The van der Waals surface area contributed by atoms with Crippen LogP contribution >= 0.6 is 0 Å². The summed E-state index contributed by atoms with van der Waals surface area (Å²) < 4.78 is 0. The zero-order valence-corrected chi connectivity index (χ0v) is 6.09. The van der Waals surface area contributed by atoms with Crippen LogP contribution in [-0.2, 0) is 0 Å². The maximum Gasteiger partial charge on any atom is 0.0638 e. The largest absolute Gasteiger partial charge is 0.312 e. The van der Waals surface area contributed by atoms with Crippen molar-refractivity contribution in [2.45, 2.75) is 25.8 Å². The Labute approximate surface area is 61.3 Å². The summed E-state index contributed by atoms with van der Waals surface area (Å²) in [5.74, 6) is 0. The first-order chi connectivity index (χ1) is 4.81. The minimum absolute atomic E-state index is 0.207. The molecule has 0 unspecified atom stereocenters. The van der Waals surface area contributed by atoms with E-state index in [-0.39, 0.29) is 6.04 Å². The van der Waals surface area contributed by atoms with Crippen molar-refractivity contribution in [3.05, 3.63) is 0 Å². The third kappa shape index (κ3) is 5.08. The summed E-state index contributed by atoms with van der Waals surface area (Å²) in [5.41, 5.74) is 0. The predicted molar refractivity (Wildman–Crippen MR) is 37.9 cm³/mol. The molecule has 0 aliphatic heterocycles. The van der Waals surface area contributed by atoms with E-state index in [1.807, 2.05) is 19.1 Å². The molecule has 0 saturated carbocycles. The van der Waals surface area contributed by atoms with Gasteiger partial charge in [-0.05, 0) is 6.92 Å². The molecule has 0 bridgehead atoms. The van der Waals surface area contributed by atoms with Crippen LogP contribution in [0.25, 0.3) is 0 Å². The van der Waals surface area contributed by atoms with Crippen molar-refractivity contribution < 1.29 is 0 Å². The van der Waals surface area contributed by atoms with Crippen LogP contribution in [0, 0.1) is 22.7 Å². The highest BCUT2D eigenvalue weighted by Crippen LogP contribution is 1.86. The van der Waals surface area contributed by atoms with Crippen molar-refractivity contribution >= 4 is 0 Å². The van der Waals surface area contributed by atoms with E-state index in [1.54, 1.807) is 0 Å². The SMILES string of the molecule is C[C@@H](CC#N)NCCC#N. The van der Waals surface area contributed by atoms with Crippen molar-refractivity contribution in [1.82, 2.24) is 5.32 Å². The summed E-state index contributed by atoms with van der Waals surface area (Å²) in [7, 11) is 0. The molecule has 0 rings (SSSR count). The molecule has 0 spiro atoms. The van der Waals surface area contributed by atoms with Gasteiger partial charge in [-0.3, -0.25) is 0 Å². The van der Waals surface area contributed by atoms with Crippen LogP contribution in [0.5, 0.6) is 0 Å². The summed E-state index contributed by atoms with van der Waals surface area (Å²) in [6, 6.07) is 4.28. The van der Waals surface area contributed by atoms with Gasteiger partial charge in [0, 0.05) is 19.0 Å². The van der Waals surface area contributed by atoms with Gasteiger partial charge in [0.05, 0.1) is 18.6 Å². The fraction of sp³-hybridized carbons (Fsp3) is 0.714. The van der Waals surface area contributed by atoms with Gasteiger partial charge in [0.15, 0.2) is 0 Å². The Hall–Kier alpha value is -1.06. The number of rotatable bonds is 4. The van der Waals surface area contributed by atoms with Crippen LogP contribution in [0.2, 0.25) is 0 Å². The van der Waals surface area contributed by atoms with Gasteiger partial charge in [-0.25, -0.2) is 0 Å². The van der Waals surface area contributed by atoms with Crippen LogP contribution in [0.1, 0.15) is 19.8 Å². The Morgan fingerprint density at radius 1 is 1.40 bits per heavy atom. The van der Waals surface area contributed by atoms with Gasteiger partial charge in [-0.1, -0.05) is 0 Å². The van der Waals surface area contributed by atoms with E-state index in [4.69, 9.17) is 10.5 Å². The van der Waals surface area contributed by atoms with Gasteiger partial charge in [-0.15, -0.1) is 0 Å². The minimum atomic E-state index is 0.207. The van der Waals surface area contributed by atoms with Gasteiger partial charge in [0.2, 0.25) is 0 Å². The standard InChI is InChI=1S/C7H11N3/c1-7(3-5-9)10-6-2-4-8/h7,10H,2-3,6H2,1H3/t7-/m0/s1. The van der Waals surface area contributed by atoms with Crippen molar-refractivity contribution in [2.24, 2.45) is 0 Å². The maximum absolute atomic E-state index is 8.24. The first-order valence-corrected chi connectivity index (χ1v) is 3.28. The quantitative estimate of drug-likeness (QED) is 0.583. The highest BCUT2D eigenvalue weighted by Gasteiger charge is 1.96. The van der Waals surface area contributed by atoms with Gasteiger partial charge in [0.25, 0.3) is 0 Å². The van der Waals surface area contributed by atoms with Gasteiger partial charge in [0.1, 0.15) is 0 Å². The summed E-state index contributed by atoms with van der Waals surface area (Å²) in [5, 5.41) is 19.4. The molecule has 0 amide bonds. The molecular formula is C7H11N3. The van der Waals surface area contributed by atoms with E-state index in [0.717, 1.165) is 0 Å². The highest BCUT2D eigenvalue weighted by molar-refractivity contribution is 4.79. The normalized spacial score (nSPS) is 11.5. The summed E-state index contributed by atoms with van der Waals surface area (Å²) in [6.07, 6.45) is 1.02. The molecule has 0 aliphatic rings. The second kappa shape index (κ2) is 6.07. The van der Waals surface area contributed by atoms with E-state index in [1.165, 1.54) is 0 Å². The third-order valence-electron chi connectivity index (χ3n) is 1.13. The van der Waals surface area contributed by atoms with Crippen molar-refractivity contribution in [3.8, 4) is 12.1 Å². The number of nitriles is 2. The lowest BCUT2D eigenvalue weighted by Crippen LogP contribution is -2.26. The van der Waals surface area contributed by atoms with E-state index < -0.39 is 0 Å². The average molecular weight is 137 g/mol. The average Bonchev–Trinajstić information content (AvgIpc) is 1.89. The lowest BCUT2D eigenvalue weighted by molar-refractivity contribution is 0.565. The highest BCUT2D eigenvalue weighted by atomic mass is 14.9. The van der Waals surface area contributed by atoms with Gasteiger partial charge >= 0.3 is 0 Å². The molecule has 3 nitrogen and oxygen atoms in total. The van der Waals surface area contributed by atoms with Crippen molar-refractivity contribution in [2.75, 3.05) is 6.54 Å². The number of nitrogens with one attached hydrogen (secondary N) is 1. The van der Waals surface area contributed by atoms with E-state index in [9.17, 15) is 0 Å². The second-order valence-electron chi connectivity index (χ2n) is 2.13. The van der Waals surface area contributed by atoms with Crippen molar-refractivity contribution in [1.29, 1.82) is 10.5 Å². The Morgan fingerprint density at radius 2 is 2.10 bits per heavy atom. The first kappa shape index (κ1) is 8.94. The molecule has 10 heavy (non-hydrogen) atoms. The first-order valence-electron chi connectivity index (χ1n) is 3.28. The zero-order chi connectivity index (χ0) is 7.82. The van der Waals surface area contributed by atoms with Crippen LogP contribution in [0.3, 0.4) is 0 Å². The predicted octanol–water partition coefficient (Wildman–Crippen LogP) is 0.792. The molecule has 3 heteroatoms. The van der Waals surface area contributed by atoms with Crippen molar-refractivity contribution in [3.63, 3.8) is 0 Å². The lowest BCUT2D eigenvalue weighted by Gasteiger charge is -2.06. The number of hydrogen-bond donors (Lipinski definition) is 1. The van der Waals surface area contributed by atoms with Crippen LogP contribution in [0.15, 0.2) is 0 Å². The third-order valence-corrected chi connectivity index (χ3v) is 1.13. The fourth-order valence-electron chi connectivity index (χ4n) is 0.584. The Balaban J connectivity index is 3.16. The molecule has 0 saturated heterocycles. The summed E-state index contributed by atoms with van der Waals surface area (Å²) >= 11 is 0. The zero-order valence-electron chi connectivity index (χ0n) is 6.09. The smallest absolute Gasteiger partial charge is 0.0638 e. The Morgan fingerprint density at radius 3 is 2.60 bits per heavy atom. The summed E-state index contributed by atoms with van der Waals surface area (Å²) in [4.78, 5) is 0. The van der Waals surface area contributed by atoms with Gasteiger partial charge in [-0.2, -0.15) is 10.5 Å². The van der Waals surface area contributed by atoms with E-state index >= 15 is 0 Å². The monoisotopic (exact) mass is 137 g/mol. The summed E-state index contributed by atoms with van der Waals surface area (Å²) in [6.45, 7) is 2.61. The minimum Gasteiger partial charge on any atom is -0.312 e. The molecule has 0 aliphatic carbocycles. The topological polar surface area (TPSA) is 59.6 Å². The molecule has 1 N–H and O–H groups in total. The number of nitrogens with zero attached hydrogens (tertiary/aromatic N) is 2. The lowest BCUT2D eigenvalue weighted by atomic mass is 10.2. The second-order valence-corrected chi connectivity index (χ2v) is 2.13. The van der Waals surface area contributed by atoms with E-state index in [0.29, 0.717) is 19.4 Å². The molecule has 0 aromatic carbocycles. The van der Waals surface area contributed by atoms with Gasteiger partial charge < -0.3 is 5.32 Å².